The number of nitrogens with two attached hydrogens (primary N) is 1. The van der Waals surface area contributed by atoms with Crippen LogP contribution < -0.4 is 10.5 Å². The fourth-order valence-electron chi connectivity index (χ4n) is 1.59. The van der Waals surface area contributed by atoms with Crippen molar-refractivity contribution >= 4 is 11.6 Å². The second-order valence-corrected chi connectivity index (χ2v) is 3.77. The molecule has 0 amide bonds. The third kappa shape index (κ3) is 2.61. The lowest BCUT2D eigenvalue weighted by Crippen LogP contribution is -2.04. The van der Waals surface area contributed by atoms with Crippen LogP contribution in [0.1, 0.15) is 17.5 Å². The van der Waals surface area contributed by atoms with Crippen molar-refractivity contribution < 1.29 is 9.13 Å². The van der Waals surface area contributed by atoms with Crippen molar-refractivity contribution in [1.29, 1.82) is 0 Å². The van der Waals surface area contributed by atoms with Gasteiger partial charge >= 0.3 is 0 Å². The minimum absolute atomic E-state index is 0.144. The molecule has 0 saturated carbocycles. The summed E-state index contributed by atoms with van der Waals surface area (Å²) in [5.41, 5.74) is 6.88. The van der Waals surface area contributed by atoms with Crippen LogP contribution in [0.5, 0.6) is 5.75 Å². The average Bonchev–Trinajstić information content (AvgIpc) is 2.21. The zero-order chi connectivity index (χ0) is 11.4. The monoisotopic (exact) mass is 231 g/mol. The molecule has 1 aromatic carbocycles. The van der Waals surface area contributed by atoms with Crippen LogP contribution in [-0.4, -0.2) is 13.7 Å². The SMILES string of the molecule is COc1c(C)cc(F)c(Cl)c1CCCN. The van der Waals surface area contributed by atoms with Crippen molar-refractivity contribution in [3.8, 4) is 5.75 Å². The van der Waals surface area contributed by atoms with Gasteiger partial charge in [-0.2, -0.15) is 0 Å². The lowest BCUT2D eigenvalue weighted by Gasteiger charge is -2.13. The molecule has 0 saturated heterocycles. The third-order valence-corrected chi connectivity index (χ3v) is 2.69. The molecule has 2 N–H and O–H groups in total. The molecule has 15 heavy (non-hydrogen) atoms. The Kier molecular flexibility index (Phi) is 4.36. The van der Waals surface area contributed by atoms with Crippen molar-refractivity contribution in [2.45, 2.75) is 19.8 Å². The summed E-state index contributed by atoms with van der Waals surface area (Å²) in [5.74, 6) is 0.261. The number of methoxy groups -OCH3 is 1. The summed E-state index contributed by atoms with van der Waals surface area (Å²) in [5, 5.41) is 0.144. The molecule has 0 aliphatic heterocycles. The van der Waals surface area contributed by atoms with E-state index >= 15 is 0 Å². The van der Waals surface area contributed by atoms with Gasteiger partial charge < -0.3 is 10.5 Å². The average molecular weight is 232 g/mol. The van der Waals surface area contributed by atoms with Crippen molar-refractivity contribution in [2.75, 3.05) is 13.7 Å². The number of aryl methyl sites for hydroxylation is 1. The highest BCUT2D eigenvalue weighted by atomic mass is 35.5. The Labute approximate surface area is 94.2 Å². The Morgan fingerprint density at radius 3 is 2.73 bits per heavy atom. The van der Waals surface area contributed by atoms with Crippen LogP contribution in [-0.2, 0) is 6.42 Å². The summed E-state index contributed by atoms with van der Waals surface area (Å²) in [4.78, 5) is 0. The molecule has 0 unspecified atom stereocenters. The molecule has 0 aliphatic rings. The molecule has 0 aromatic heterocycles. The van der Waals surface area contributed by atoms with Gasteiger partial charge in [0.15, 0.2) is 0 Å². The van der Waals surface area contributed by atoms with E-state index in [2.05, 4.69) is 0 Å². The van der Waals surface area contributed by atoms with Gasteiger partial charge in [0, 0.05) is 5.56 Å². The highest BCUT2D eigenvalue weighted by Crippen LogP contribution is 2.33. The predicted octanol–water partition coefficient (Wildman–Crippen LogP) is 2.69. The van der Waals surface area contributed by atoms with E-state index in [0.29, 0.717) is 24.3 Å². The van der Waals surface area contributed by atoms with Gasteiger partial charge in [0.05, 0.1) is 12.1 Å². The van der Waals surface area contributed by atoms with E-state index in [0.717, 1.165) is 12.0 Å². The van der Waals surface area contributed by atoms with Crippen molar-refractivity contribution in [3.63, 3.8) is 0 Å². The molecule has 0 bridgehead atoms. The summed E-state index contributed by atoms with van der Waals surface area (Å²) in [6, 6.07) is 1.38. The van der Waals surface area contributed by atoms with E-state index in [9.17, 15) is 4.39 Å². The van der Waals surface area contributed by atoms with E-state index < -0.39 is 5.82 Å². The maximum Gasteiger partial charge on any atom is 0.142 e. The summed E-state index contributed by atoms with van der Waals surface area (Å²) in [6.07, 6.45) is 1.40. The van der Waals surface area contributed by atoms with Gasteiger partial charge in [-0.15, -0.1) is 0 Å². The van der Waals surface area contributed by atoms with Gasteiger partial charge in [0.1, 0.15) is 11.6 Å². The Morgan fingerprint density at radius 2 is 2.20 bits per heavy atom. The second kappa shape index (κ2) is 5.33. The lowest BCUT2D eigenvalue weighted by molar-refractivity contribution is 0.404. The predicted molar refractivity (Wildman–Crippen MR) is 60.1 cm³/mol. The maximum absolute atomic E-state index is 13.4. The van der Waals surface area contributed by atoms with E-state index in [1.54, 1.807) is 14.0 Å². The highest BCUT2D eigenvalue weighted by molar-refractivity contribution is 6.31. The zero-order valence-electron chi connectivity index (χ0n) is 8.94. The minimum atomic E-state index is -0.401. The largest absolute Gasteiger partial charge is 0.496 e. The molecule has 84 valence electrons. The van der Waals surface area contributed by atoms with E-state index in [-0.39, 0.29) is 5.02 Å². The quantitative estimate of drug-likeness (QED) is 0.865. The molecule has 1 aromatic rings. The number of ether oxygens (including phenoxy) is 1. The third-order valence-electron chi connectivity index (χ3n) is 2.29. The van der Waals surface area contributed by atoms with E-state index in [1.165, 1.54) is 6.07 Å². The second-order valence-electron chi connectivity index (χ2n) is 3.39. The summed E-state index contributed by atoms with van der Waals surface area (Å²) >= 11 is 5.89. The van der Waals surface area contributed by atoms with Crippen LogP contribution in [0, 0.1) is 12.7 Å². The number of hydrogen-bond acceptors (Lipinski definition) is 2. The van der Waals surface area contributed by atoms with Gasteiger partial charge in [-0.05, 0) is 37.9 Å². The van der Waals surface area contributed by atoms with Crippen molar-refractivity contribution in [3.05, 3.63) is 28.0 Å². The summed E-state index contributed by atoms with van der Waals surface area (Å²) < 4.78 is 18.6. The topological polar surface area (TPSA) is 35.2 Å². The van der Waals surface area contributed by atoms with Crippen LogP contribution in [0.25, 0.3) is 0 Å². The van der Waals surface area contributed by atoms with Crippen LogP contribution in [0.2, 0.25) is 5.02 Å². The van der Waals surface area contributed by atoms with Crippen molar-refractivity contribution in [1.82, 2.24) is 0 Å². The molecule has 0 atom stereocenters. The summed E-state index contributed by atoms with van der Waals surface area (Å²) in [6.45, 7) is 2.35. The van der Waals surface area contributed by atoms with Crippen LogP contribution in [0.15, 0.2) is 6.07 Å². The molecule has 0 spiro atoms. The smallest absolute Gasteiger partial charge is 0.142 e. The Hall–Kier alpha value is -0.800. The molecule has 1 rings (SSSR count). The molecule has 4 heteroatoms. The number of rotatable bonds is 4. The fourth-order valence-corrected chi connectivity index (χ4v) is 1.82. The normalized spacial score (nSPS) is 10.5. The van der Waals surface area contributed by atoms with Gasteiger partial charge in [-0.1, -0.05) is 11.6 Å². The molecule has 0 fully saturated rings. The molecule has 0 aliphatic carbocycles. The molecule has 0 radical (unpaired) electrons. The van der Waals surface area contributed by atoms with Gasteiger partial charge in [-0.3, -0.25) is 0 Å². The van der Waals surface area contributed by atoms with E-state index in [4.69, 9.17) is 22.1 Å². The summed E-state index contributed by atoms with van der Waals surface area (Å²) in [7, 11) is 1.56. The lowest BCUT2D eigenvalue weighted by atomic mass is 10.0. The Bertz CT molecular complexity index is 355. The molecule has 0 heterocycles. The first-order chi connectivity index (χ1) is 7.11. The zero-order valence-corrected chi connectivity index (χ0v) is 9.70. The molecular formula is C11H15ClFNO. The minimum Gasteiger partial charge on any atom is -0.496 e. The number of benzene rings is 1. The first kappa shape index (κ1) is 12.3. The number of halogens is 2. The van der Waals surface area contributed by atoms with E-state index in [1.807, 2.05) is 0 Å². The van der Waals surface area contributed by atoms with Gasteiger partial charge in [-0.25, -0.2) is 4.39 Å². The molecular weight excluding hydrogens is 217 g/mol. The van der Waals surface area contributed by atoms with Gasteiger partial charge in [0.25, 0.3) is 0 Å². The first-order valence-electron chi connectivity index (χ1n) is 4.83. The van der Waals surface area contributed by atoms with Crippen LogP contribution >= 0.6 is 11.6 Å². The first-order valence-corrected chi connectivity index (χ1v) is 5.21. The van der Waals surface area contributed by atoms with Crippen LogP contribution in [0.4, 0.5) is 4.39 Å². The highest BCUT2D eigenvalue weighted by Gasteiger charge is 2.14. The maximum atomic E-state index is 13.4. The Balaban J connectivity index is 3.18. The standard InChI is InChI=1S/C11H15ClFNO/c1-7-6-9(13)10(12)8(4-3-5-14)11(7)15-2/h6H,3-5,14H2,1-2H3. The van der Waals surface area contributed by atoms with Gasteiger partial charge in [0.2, 0.25) is 0 Å². The Morgan fingerprint density at radius 1 is 1.53 bits per heavy atom. The number of hydrogen-bond donors (Lipinski definition) is 1. The molecule has 2 nitrogen and oxygen atoms in total. The van der Waals surface area contributed by atoms with Crippen molar-refractivity contribution in [2.24, 2.45) is 5.73 Å². The van der Waals surface area contributed by atoms with Crippen LogP contribution in [0.3, 0.4) is 0 Å². The fraction of sp³-hybridized carbons (Fsp3) is 0.455.